The molecular weight excluding hydrogens is 314 g/mol. The van der Waals surface area contributed by atoms with E-state index < -0.39 is 11.9 Å². The number of hydrogen-bond acceptors (Lipinski definition) is 3. The molecule has 2 atom stereocenters. The van der Waals surface area contributed by atoms with Gasteiger partial charge in [0.15, 0.2) is 0 Å². The van der Waals surface area contributed by atoms with Crippen LogP contribution in [0, 0.1) is 11.8 Å². The van der Waals surface area contributed by atoms with Crippen LogP contribution in [0.2, 0.25) is 0 Å². The van der Waals surface area contributed by atoms with E-state index in [2.05, 4.69) is 15.9 Å². The minimum absolute atomic E-state index is 0.0873. The van der Waals surface area contributed by atoms with Crippen molar-refractivity contribution in [1.82, 2.24) is 4.90 Å². The monoisotopic (exact) mass is 327 g/mol. The van der Waals surface area contributed by atoms with Gasteiger partial charge in [0.1, 0.15) is 5.75 Å². The Kier molecular flexibility index (Phi) is 3.80. The molecule has 0 aliphatic carbocycles. The van der Waals surface area contributed by atoms with Gasteiger partial charge in [0.2, 0.25) is 0 Å². The van der Waals surface area contributed by atoms with Crippen molar-refractivity contribution in [3.63, 3.8) is 0 Å². The van der Waals surface area contributed by atoms with Gasteiger partial charge in [0.05, 0.1) is 11.5 Å². The van der Waals surface area contributed by atoms with Crippen LogP contribution in [0.5, 0.6) is 5.75 Å². The van der Waals surface area contributed by atoms with Gasteiger partial charge in [0, 0.05) is 17.6 Å². The second-order valence-corrected chi connectivity index (χ2v) is 5.71. The molecule has 1 amide bonds. The topological polar surface area (TPSA) is 77.8 Å². The SMILES string of the molecule is CC1CN(C(=O)c2cc(Br)ccc2O)CC1C(=O)O. The zero-order chi connectivity index (χ0) is 14.2. The first kappa shape index (κ1) is 13.9. The molecular formula is C13H14BrNO4. The molecule has 0 saturated carbocycles. The molecule has 2 N–H and O–H groups in total. The van der Waals surface area contributed by atoms with Gasteiger partial charge < -0.3 is 15.1 Å². The van der Waals surface area contributed by atoms with Crippen LogP contribution in [-0.2, 0) is 4.79 Å². The quantitative estimate of drug-likeness (QED) is 0.870. The molecule has 1 aromatic rings. The number of amides is 1. The Balaban J connectivity index is 2.22. The lowest BCUT2D eigenvalue weighted by molar-refractivity contribution is -0.142. The highest BCUT2D eigenvalue weighted by Gasteiger charge is 2.37. The predicted molar refractivity (Wildman–Crippen MR) is 72.0 cm³/mol. The minimum atomic E-state index is -0.888. The number of carbonyl (C=O) groups is 2. The Morgan fingerprint density at radius 3 is 2.63 bits per heavy atom. The first-order chi connectivity index (χ1) is 8.90. The van der Waals surface area contributed by atoms with Gasteiger partial charge in [-0.15, -0.1) is 0 Å². The van der Waals surface area contributed by atoms with Crippen molar-refractivity contribution in [3.05, 3.63) is 28.2 Å². The molecule has 102 valence electrons. The third kappa shape index (κ3) is 2.73. The van der Waals surface area contributed by atoms with Crippen molar-refractivity contribution >= 4 is 27.8 Å². The van der Waals surface area contributed by atoms with Crippen LogP contribution >= 0.6 is 15.9 Å². The summed E-state index contributed by atoms with van der Waals surface area (Å²) in [5.74, 6) is -1.95. The largest absolute Gasteiger partial charge is 0.507 e. The Hall–Kier alpha value is -1.56. The average Bonchev–Trinajstić information content (AvgIpc) is 2.74. The highest BCUT2D eigenvalue weighted by molar-refractivity contribution is 9.10. The number of aromatic hydroxyl groups is 1. The van der Waals surface area contributed by atoms with E-state index in [1.54, 1.807) is 6.07 Å². The lowest BCUT2D eigenvalue weighted by Crippen LogP contribution is -2.30. The van der Waals surface area contributed by atoms with Crippen LogP contribution in [0.4, 0.5) is 0 Å². The predicted octanol–water partition coefficient (Wildman–Crippen LogP) is 1.95. The van der Waals surface area contributed by atoms with E-state index in [1.165, 1.54) is 17.0 Å². The summed E-state index contributed by atoms with van der Waals surface area (Å²) in [5, 5.41) is 18.8. The van der Waals surface area contributed by atoms with E-state index in [1.807, 2.05) is 6.92 Å². The van der Waals surface area contributed by atoms with Crippen LogP contribution in [0.1, 0.15) is 17.3 Å². The van der Waals surface area contributed by atoms with Gasteiger partial charge in [-0.05, 0) is 24.1 Å². The molecule has 0 spiro atoms. The van der Waals surface area contributed by atoms with Gasteiger partial charge in [-0.2, -0.15) is 0 Å². The normalized spacial score (nSPS) is 22.5. The van der Waals surface area contributed by atoms with Crippen LogP contribution in [0.25, 0.3) is 0 Å². The van der Waals surface area contributed by atoms with Crippen molar-refractivity contribution in [2.75, 3.05) is 13.1 Å². The molecule has 0 bridgehead atoms. The number of hydrogen-bond donors (Lipinski definition) is 2. The van der Waals surface area contributed by atoms with Gasteiger partial charge in [-0.25, -0.2) is 0 Å². The van der Waals surface area contributed by atoms with Crippen LogP contribution in [-0.4, -0.2) is 40.1 Å². The van der Waals surface area contributed by atoms with Gasteiger partial charge in [-0.1, -0.05) is 22.9 Å². The number of rotatable bonds is 2. The number of phenolic OH excluding ortho intramolecular Hbond substituents is 1. The van der Waals surface area contributed by atoms with Crippen molar-refractivity contribution < 1.29 is 19.8 Å². The number of halogens is 1. The van der Waals surface area contributed by atoms with Crippen molar-refractivity contribution in [3.8, 4) is 5.75 Å². The third-order valence-corrected chi connectivity index (χ3v) is 3.90. The van der Waals surface area contributed by atoms with E-state index in [-0.39, 0.29) is 29.7 Å². The number of likely N-dealkylation sites (tertiary alicyclic amines) is 1. The number of phenols is 1. The summed E-state index contributed by atoms with van der Waals surface area (Å²) < 4.78 is 0.690. The molecule has 19 heavy (non-hydrogen) atoms. The molecule has 1 aromatic carbocycles. The number of carbonyl (C=O) groups excluding carboxylic acids is 1. The van der Waals surface area contributed by atoms with Crippen molar-refractivity contribution in [2.45, 2.75) is 6.92 Å². The number of aliphatic carboxylic acids is 1. The number of carboxylic acid groups (broad SMARTS) is 1. The molecule has 1 heterocycles. The first-order valence-corrected chi connectivity index (χ1v) is 6.70. The van der Waals surface area contributed by atoms with Crippen LogP contribution < -0.4 is 0 Å². The van der Waals surface area contributed by atoms with E-state index in [0.29, 0.717) is 11.0 Å². The summed E-state index contributed by atoms with van der Waals surface area (Å²) in [4.78, 5) is 24.8. The molecule has 5 nitrogen and oxygen atoms in total. The zero-order valence-corrected chi connectivity index (χ0v) is 11.9. The van der Waals surface area contributed by atoms with E-state index in [9.17, 15) is 14.7 Å². The summed E-state index contributed by atoms with van der Waals surface area (Å²) in [5.41, 5.74) is 0.188. The fourth-order valence-corrected chi connectivity index (χ4v) is 2.67. The Morgan fingerprint density at radius 1 is 1.37 bits per heavy atom. The summed E-state index contributed by atoms with van der Waals surface area (Å²) in [6, 6.07) is 4.61. The maximum Gasteiger partial charge on any atom is 0.308 e. The standard InChI is InChI=1S/C13H14BrNO4/c1-7-5-15(6-10(7)13(18)19)12(17)9-4-8(14)2-3-11(9)16/h2-4,7,10,16H,5-6H2,1H3,(H,18,19). The highest BCUT2D eigenvalue weighted by Crippen LogP contribution is 2.28. The molecule has 6 heteroatoms. The molecule has 1 fully saturated rings. The Labute approximate surface area is 119 Å². The number of benzene rings is 1. The lowest BCUT2D eigenvalue weighted by Gasteiger charge is -2.16. The van der Waals surface area contributed by atoms with Crippen molar-refractivity contribution in [2.24, 2.45) is 11.8 Å². The molecule has 1 aliphatic rings. The third-order valence-electron chi connectivity index (χ3n) is 3.41. The van der Waals surface area contributed by atoms with Gasteiger partial charge in [-0.3, -0.25) is 9.59 Å². The first-order valence-electron chi connectivity index (χ1n) is 5.90. The van der Waals surface area contributed by atoms with Gasteiger partial charge >= 0.3 is 5.97 Å². The van der Waals surface area contributed by atoms with E-state index in [0.717, 1.165) is 0 Å². The fraction of sp³-hybridized carbons (Fsp3) is 0.385. The molecule has 2 rings (SSSR count). The average molecular weight is 328 g/mol. The zero-order valence-electron chi connectivity index (χ0n) is 10.3. The number of carboxylic acids is 1. The molecule has 1 aliphatic heterocycles. The Bertz CT molecular complexity index is 531. The Morgan fingerprint density at radius 2 is 2.05 bits per heavy atom. The van der Waals surface area contributed by atoms with E-state index >= 15 is 0 Å². The highest BCUT2D eigenvalue weighted by atomic mass is 79.9. The fourth-order valence-electron chi connectivity index (χ4n) is 2.30. The summed E-state index contributed by atoms with van der Waals surface area (Å²) in [6.45, 7) is 2.38. The van der Waals surface area contributed by atoms with Gasteiger partial charge in [0.25, 0.3) is 5.91 Å². The second kappa shape index (κ2) is 5.21. The smallest absolute Gasteiger partial charge is 0.308 e. The lowest BCUT2D eigenvalue weighted by atomic mass is 9.99. The van der Waals surface area contributed by atoms with Crippen molar-refractivity contribution in [1.29, 1.82) is 0 Å². The maximum atomic E-state index is 12.3. The maximum absolute atomic E-state index is 12.3. The molecule has 2 unspecified atom stereocenters. The minimum Gasteiger partial charge on any atom is -0.507 e. The molecule has 0 aromatic heterocycles. The van der Waals surface area contributed by atoms with Crippen LogP contribution in [0.15, 0.2) is 22.7 Å². The number of nitrogens with zero attached hydrogens (tertiary/aromatic N) is 1. The molecule has 0 radical (unpaired) electrons. The van der Waals surface area contributed by atoms with E-state index in [4.69, 9.17) is 5.11 Å². The second-order valence-electron chi connectivity index (χ2n) is 4.79. The molecule has 1 saturated heterocycles. The summed E-state index contributed by atoms with van der Waals surface area (Å²) in [6.07, 6.45) is 0. The summed E-state index contributed by atoms with van der Waals surface area (Å²) >= 11 is 3.24. The summed E-state index contributed by atoms with van der Waals surface area (Å²) in [7, 11) is 0. The van der Waals surface area contributed by atoms with Crippen LogP contribution in [0.3, 0.4) is 0 Å².